The van der Waals surface area contributed by atoms with Crippen molar-refractivity contribution < 1.29 is 10.0 Å². The highest BCUT2D eigenvalue weighted by atomic mass is 16.5. The third kappa shape index (κ3) is 1.25. The fourth-order valence-electron chi connectivity index (χ4n) is 1.49. The minimum absolute atomic E-state index is 0.447. The molecule has 1 heterocycles. The summed E-state index contributed by atoms with van der Waals surface area (Å²) in [7, 11) is 0. The third-order valence-electron chi connectivity index (χ3n) is 2.18. The summed E-state index contributed by atoms with van der Waals surface area (Å²) in [5, 5.41) is 9.31. The predicted octanol–water partition coefficient (Wildman–Crippen LogP) is 1.60. The van der Waals surface area contributed by atoms with Crippen molar-refractivity contribution in [3.63, 3.8) is 0 Å². The molecule has 0 radical (unpaired) electrons. The summed E-state index contributed by atoms with van der Waals surface area (Å²) >= 11 is 0. The van der Waals surface area contributed by atoms with Crippen LogP contribution in [0.4, 0.5) is 0 Å². The Kier molecular flexibility index (Phi) is 1.98. The van der Waals surface area contributed by atoms with Gasteiger partial charge in [0.1, 0.15) is 0 Å². The predicted molar refractivity (Wildman–Crippen MR) is 52.3 cm³/mol. The van der Waals surface area contributed by atoms with Crippen LogP contribution in [0.2, 0.25) is 0 Å². The molecule has 2 rings (SSSR count). The normalized spacial score (nSPS) is 10.4. The van der Waals surface area contributed by atoms with Gasteiger partial charge in [0.25, 0.3) is 5.91 Å². The van der Waals surface area contributed by atoms with Crippen LogP contribution in [0.15, 0.2) is 24.4 Å². The van der Waals surface area contributed by atoms with E-state index in [-0.39, 0.29) is 0 Å². The Labute approximate surface area is 80.5 Å². The Morgan fingerprint density at radius 2 is 2.29 bits per heavy atom. The summed E-state index contributed by atoms with van der Waals surface area (Å²) in [6.07, 6.45) is 1.58. The summed E-state index contributed by atoms with van der Waals surface area (Å²) in [6.45, 7) is 1.98. The number of nitrogens with one attached hydrogen (secondary N) is 2. The van der Waals surface area contributed by atoms with Gasteiger partial charge >= 0.3 is 0 Å². The number of hydroxylamine groups is 1. The zero-order valence-corrected chi connectivity index (χ0v) is 7.66. The molecule has 2 aromatic rings. The number of amides is 1. The van der Waals surface area contributed by atoms with E-state index in [0.717, 1.165) is 16.5 Å². The molecule has 0 unspecified atom stereocenters. The van der Waals surface area contributed by atoms with Gasteiger partial charge in [-0.1, -0.05) is 12.1 Å². The molecule has 0 saturated carbocycles. The molecule has 1 aromatic heterocycles. The Hall–Kier alpha value is -1.81. The second kappa shape index (κ2) is 3.16. The van der Waals surface area contributed by atoms with Gasteiger partial charge in [-0.3, -0.25) is 10.0 Å². The maximum atomic E-state index is 11.2. The van der Waals surface area contributed by atoms with Crippen molar-refractivity contribution in [2.75, 3.05) is 0 Å². The molecule has 0 saturated heterocycles. The lowest BCUT2D eigenvalue weighted by atomic mass is 10.1. The molecule has 0 atom stereocenters. The van der Waals surface area contributed by atoms with Crippen LogP contribution in [0.3, 0.4) is 0 Å². The molecule has 0 aliphatic carbocycles. The smallest absolute Gasteiger partial charge is 0.276 e. The number of benzene rings is 1. The van der Waals surface area contributed by atoms with E-state index in [2.05, 4.69) is 4.98 Å². The molecule has 1 amide bonds. The average Bonchev–Trinajstić information content (AvgIpc) is 2.59. The molecular weight excluding hydrogens is 180 g/mol. The molecule has 0 bridgehead atoms. The van der Waals surface area contributed by atoms with Gasteiger partial charge in [-0.25, -0.2) is 5.48 Å². The lowest BCUT2D eigenvalue weighted by Gasteiger charge is -1.96. The Bertz CT molecular complexity index is 488. The molecule has 0 aliphatic rings. The number of aryl methyl sites for hydroxylation is 1. The first kappa shape index (κ1) is 8.77. The highest BCUT2D eigenvalue weighted by Crippen LogP contribution is 2.19. The molecule has 72 valence electrons. The number of carbonyl (C=O) groups is 1. The fraction of sp³-hybridized carbons (Fsp3) is 0.100. The second-order valence-corrected chi connectivity index (χ2v) is 3.19. The summed E-state index contributed by atoms with van der Waals surface area (Å²) in [5.41, 5.74) is 4.07. The van der Waals surface area contributed by atoms with E-state index >= 15 is 0 Å². The molecule has 4 heteroatoms. The van der Waals surface area contributed by atoms with Gasteiger partial charge in [-0.05, 0) is 18.6 Å². The van der Waals surface area contributed by atoms with Crippen LogP contribution in [0.1, 0.15) is 15.9 Å². The van der Waals surface area contributed by atoms with Crippen molar-refractivity contribution in [2.45, 2.75) is 6.92 Å². The van der Waals surface area contributed by atoms with Gasteiger partial charge in [0, 0.05) is 17.1 Å². The lowest BCUT2D eigenvalue weighted by Crippen LogP contribution is -2.17. The molecular formula is C10H10N2O2. The number of hydrogen-bond donors (Lipinski definition) is 3. The molecule has 4 nitrogen and oxygen atoms in total. The number of hydrogen-bond acceptors (Lipinski definition) is 2. The van der Waals surface area contributed by atoms with Crippen LogP contribution < -0.4 is 5.48 Å². The zero-order chi connectivity index (χ0) is 10.1. The monoisotopic (exact) mass is 190 g/mol. The third-order valence-corrected chi connectivity index (χ3v) is 2.18. The lowest BCUT2D eigenvalue weighted by molar-refractivity contribution is 0.0708. The Balaban J connectivity index is 2.64. The van der Waals surface area contributed by atoms with Crippen LogP contribution in [0, 0.1) is 6.92 Å². The van der Waals surface area contributed by atoms with Crippen molar-refractivity contribution in [3.8, 4) is 0 Å². The van der Waals surface area contributed by atoms with Gasteiger partial charge in [-0.2, -0.15) is 0 Å². The molecule has 3 N–H and O–H groups in total. The van der Waals surface area contributed by atoms with Gasteiger partial charge in [0.05, 0.1) is 5.56 Å². The summed E-state index contributed by atoms with van der Waals surface area (Å²) < 4.78 is 0. The first-order valence-electron chi connectivity index (χ1n) is 4.24. The molecule has 0 fully saturated rings. The first-order valence-corrected chi connectivity index (χ1v) is 4.24. The minimum Gasteiger partial charge on any atom is -0.360 e. The van der Waals surface area contributed by atoms with E-state index in [1.165, 1.54) is 0 Å². The van der Waals surface area contributed by atoms with E-state index in [9.17, 15) is 4.79 Å². The zero-order valence-electron chi connectivity index (χ0n) is 7.66. The molecule has 1 aromatic carbocycles. The van der Waals surface area contributed by atoms with Gasteiger partial charge < -0.3 is 4.98 Å². The topological polar surface area (TPSA) is 65.1 Å². The van der Waals surface area contributed by atoms with Crippen molar-refractivity contribution in [2.24, 2.45) is 0 Å². The van der Waals surface area contributed by atoms with Gasteiger partial charge in [-0.15, -0.1) is 0 Å². The summed E-state index contributed by atoms with van der Waals surface area (Å²) in [5.74, 6) is -0.500. The maximum Gasteiger partial charge on any atom is 0.276 e. The van der Waals surface area contributed by atoms with E-state index < -0.39 is 5.91 Å². The van der Waals surface area contributed by atoms with Gasteiger partial charge in [0.2, 0.25) is 0 Å². The van der Waals surface area contributed by atoms with E-state index in [4.69, 9.17) is 5.21 Å². The highest BCUT2D eigenvalue weighted by Gasteiger charge is 2.10. The quantitative estimate of drug-likeness (QED) is 0.472. The highest BCUT2D eigenvalue weighted by molar-refractivity contribution is 6.06. The maximum absolute atomic E-state index is 11.2. The Morgan fingerprint density at radius 3 is 3.00 bits per heavy atom. The number of aromatic amines is 1. The molecule has 14 heavy (non-hydrogen) atoms. The summed E-state index contributed by atoms with van der Waals surface area (Å²) in [4.78, 5) is 14.2. The number of rotatable bonds is 1. The van der Waals surface area contributed by atoms with E-state index in [1.54, 1.807) is 11.7 Å². The van der Waals surface area contributed by atoms with Crippen molar-refractivity contribution in [1.29, 1.82) is 0 Å². The fourth-order valence-corrected chi connectivity index (χ4v) is 1.49. The van der Waals surface area contributed by atoms with Crippen molar-refractivity contribution in [3.05, 3.63) is 35.5 Å². The number of fused-ring (bicyclic) bond motifs is 1. The average molecular weight is 190 g/mol. The van der Waals surface area contributed by atoms with Gasteiger partial charge in [0.15, 0.2) is 0 Å². The van der Waals surface area contributed by atoms with E-state index in [1.807, 2.05) is 25.1 Å². The van der Waals surface area contributed by atoms with Crippen LogP contribution in [0.5, 0.6) is 0 Å². The van der Waals surface area contributed by atoms with E-state index in [0.29, 0.717) is 5.56 Å². The summed E-state index contributed by atoms with van der Waals surface area (Å²) in [6, 6.07) is 5.72. The molecule has 0 aliphatic heterocycles. The van der Waals surface area contributed by atoms with Crippen molar-refractivity contribution >= 4 is 16.8 Å². The second-order valence-electron chi connectivity index (χ2n) is 3.19. The van der Waals surface area contributed by atoms with Crippen LogP contribution in [-0.2, 0) is 0 Å². The van der Waals surface area contributed by atoms with Crippen LogP contribution in [-0.4, -0.2) is 16.1 Å². The largest absolute Gasteiger partial charge is 0.360 e. The Morgan fingerprint density at radius 1 is 1.50 bits per heavy atom. The molecule has 0 spiro atoms. The minimum atomic E-state index is -0.500. The van der Waals surface area contributed by atoms with Crippen LogP contribution in [0.25, 0.3) is 10.9 Å². The van der Waals surface area contributed by atoms with Crippen molar-refractivity contribution in [1.82, 2.24) is 10.5 Å². The number of carbonyl (C=O) groups excluding carboxylic acids is 1. The van der Waals surface area contributed by atoms with Crippen LogP contribution >= 0.6 is 0 Å². The SMILES string of the molecule is Cc1ccc2c(C(=O)NO)c[nH]c2c1. The first-order chi connectivity index (χ1) is 6.72. The number of H-pyrrole nitrogens is 1. The number of aromatic nitrogens is 1. The standard InChI is InChI=1S/C10H10N2O2/c1-6-2-3-7-8(10(13)12-14)5-11-9(7)4-6/h2-5,11,14H,1H3,(H,12,13).